The third-order valence-electron chi connectivity index (χ3n) is 3.02. The molecule has 0 fully saturated rings. The van der Waals surface area contributed by atoms with Gasteiger partial charge in [-0.05, 0) is 24.3 Å². The van der Waals surface area contributed by atoms with Crippen LogP contribution in [0.5, 0.6) is 0 Å². The number of para-hydroxylation sites is 1. The lowest BCUT2D eigenvalue weighted by Gasteiger charge is -2.29. The fourth-order valence-corrected chi connectivity index (χ4v) is 4.79. The maximum atomic E-state index is 12.7. The van der Waals surface area contributed by atoms with E-state index in [1.54, 1.807) is 36.0 Å². The van der Waals surface area contributed by atoms with E-state index < -0.39 is 10.0 Å². The molecule has 1 heterocycles. The van der Waals surface area contributed by atoms with Crippen LogP contribution in [0.3, 0.4) is 0 Å². The lowest BCUT2D eigenvalue weighted by molar-refractivity contribution is 0.591. The molecule has 0 spiro atoms. The Morgan fingerprint density at radius 2 is 1.63 bits per heavy atom. The second-order valence-electron chi connectivity index (χ2n) is 4.21. The molecule has 2 aromatic carbocycles. The van der Waals surface area contributed by atoms with Gasteiger partial charge in [0.25, 0.3) is 10.0 Å². The largest absolute Gasteiger partial charge is 0.264 e. The maximum absolute atomic E-state index is 12.7. The zero-order valence-corrected chi connectivity index (χ0v) is 11.8. The third kappa shape index (κ3) is 2.24. The van der Waals surface area contributed by atoms with Crippen molar-refractivity contribution in [3.63, 3.8) is 0 Å². The van der Waals surface area contributed by atoms with Crippen LogP contribution in [0.2, 0.25) is 0 Å². The Morgan fingerprint density at radius 1 is 0.947 bits per heavy atom. The van der Waals surface area contributed by atoms with E-state index in [0.717, 1.165) is 16.3 Å². The van der Waals surface area contributed by atoms with Gasteiger partial charge in [-0.3, -0.25) is 4.31 Å². The van der Waals surface area contributed by atoms with Crippen molar-refractivity contribution >= 4 is 27.5 Å². The zero-order valence-electron chi connectivity index (χ0n) is 10.2. The summed E-state index contributed by atoms with van der Waals surface area (Å²) in [5.41, 5.74) is 0.780. The van der Waals surface area contributed by atoms with Gasteiger partial charge in [0.05, 0.1) is 10.6 Å². The van der Waals surface area contributed by atoms with E-state index in [2.05, 4.69) is 0 Å². The van der Waals surface area contributed by atoms with Crippen molar-refractivity contribution in [3.05, 3.63) is 54.6 Å². The number of anilines is 1. The van der Waals surface area contributed by atoms with Crippen molar-refractivity contribution < 1.29 is 8.42 Å². The highest BCUT2D eigenvalue weighted by atomic mass is 32.2. The fourth-order valence-electron chi connectivity index (χ4n) is 2.11. The van der Waals surface area contributed by atoms with Gasteiger partial charge in [-0.15, -0.1) is 11.8 Å². The Bertz CT molecular complexity index is 684. The predicted molar refractivity (Wildman–Crippen MR) is 78.1 cm³/mol. The van der Waals surface area contributed by atoms with Crippen LogP contribution in [0.15, 0.2) is 64.4 Å². The minimum atomic E-state index is -3.46. The smallest absolute Gasteiger partial charge is 0.264 e. The standard InChI is InChI=1S/C14H13NO2S2/c16-19(17,12-6-2-1-3-7-12)15-10-11-18-14-9-5-4-8-13(14)15/h1-9H,10-11H2. The first-order valence-corrected chi connectivity index (χ1v) is 8.42. The molecule has 0 radical (unpaired) electrons. The maximum Gasteiger partial charge on any atom is 0.264 e. The van der Waals surface area contributed by atoms with Crippen LogP contribution < -0.4 is 4.31 Å². The summed E-state index contributed by atoms with van der Waals surface area (Å²) in [5.74, 6) is 0.781. The van der Waals surface area contributed by atoms with Gasteiger partial charge in [0.2, 0.25) is 0 Å². The second kappa shape index (κ2) is 4.90. The summed E-state index contributed by atoms with van der Waals surface area (Å²) in [4.78, 5) is 1.37. The number of sulfonamides is 1. The molecule has 0 aromatic heterocycles. The summed E-state index contributed by atoms with van der Waals surface area (Å²) in [6, 6.07) is 16.2. The van der Waals surface area contributed by atoms with Gasteiger partial charge < -0.3 is 0 Å². The highest BCUT2D eigenvalue weighted by Gasteiger charge is 2.28. The first kappa shape index (κ1) is 12.6. The molecule has 0 saturated heterocycles. The van der Waals surface area contributed by atoms with Crippen molar-refractivity contribution in [2.75, 3.05) is 16.6 Å². The van der Waals surface area contributed by atoms with Gasteiger partial charge in [0.15, 0.2) is 0 Å². The molecule has 1 aliphatic heterocycles. The summed E-state index contributed by atoms with van der Waals surface area (Å²) in [5, 5.41) is 0. The van der Waals surface area contributed by atoms with Crippen LogP contribution in [0, 0.1) is 0 Å². The number of fused-ring (bicyclic) bond motifs is 1. The molecular weight excluding hydrogens is 278 g/mol. The molecule has 1 aliphatic rings. The Kier molecular flexibility index (Phi) is 3.24. The molecule has 98 valence electrons. The van der Waals surface area contributed by atoms with E-state index in [4.69, 9.17) is 0 Å². The first-order chi connectivity index (χ1) is 9.19. The molecule has 5 heteroatoms. The summed E-state index contributed by atoms with van der Waals surface area (Å²) < 4.78 is 26.8. The third-order valence-corrected chi connectivity index (χ3v) is 5.89. The van der Waals surface area contributed by atoms with E-state index in [9.17, 15) is 8.42 Å². The molecular formula is C14H13NO2S2. The van der Waals surface area contributed by atoms with Crippen LogP contribution in [0.1, 0.15) is 0 Å². The van der Waals surface area contributed by atoms with Crippen molar-refractivity contribution in [1.29, 1.82) is 0 Å². The average Bonchev–Trinajstić information content (AvgIpc) is 2.47. The lowest BCUT2D eigenvalue weighted by atomic mass is 10.3. The lowest BCUT2D eigenvalue weighted by Crippen LogP contribution is -2.35. The number of hydrogen-bond donors (Lipinski definition) is 0. The Morgan fingerprint density at radius 3 is 2.42 bits per heavy atom. The van der Waals surface area contributed by atoms with E-state index in [0.29, 0.717) is 11.4 Å². The summed E-state index contributed by atoms with van der Waals surface area (Å²) in [6.45, 7) is 0.513. The summed E-state index contributed by atoms with van der Waals surface area (Å²) in [7, 11) is -3.46. The first-order valence-electron chi connectivity index (χ1n) is 5.99. The van der Waals surface area contributed by atoms with E-state index in [-0.39, 0.29) is 0 Å². The molecule has 3 nitrogen and oxygen atoms in total. The molecule has 2 aromatic rings. The van der Waals surface area contributed by atoms with Gasteiger partial charge in [0, 0.05) is 17.2 Å². The van der Waals surface area contributed by atoms with Crippen LogP contribution >= 0.6 is 11.8 Å². The fraction of sp³-hybridized carbons (Fsp3) is 0.143. The van der Waals surface area contributed by atoms with Crippen LogP contribution in [-0.2, 0) is 10.0 Å². The molecule has 19 heavy (non-hydrogen) atoms. The summed E-state index contributed by atoms with van der Waals surface area (Å²) >= 11 is 1.70. The van der Waals surface area contributed by atoms with Crippen molar-refractivity contribution in [2.24, 2.45) is 0 Å². The van der Waals surface area contributed by atoms with Crippen molar-refractivity contribution in [3.8, 4) is 0 Å². The zero-order chi connectivity index (χ0) is 13.3. The minimum absolute atomic E-state index is 0.344. The summed E-state index contributed by atoms with van der Waals surface area (Å²) in [6.07, 6.45) is 0. The van der Waals surface area contributed by atoms with Gasteiger partial charge in [-0.2, -0.15) is 0 Å². The highest BCUT2D eigenvalue weighted by Crippen LogP contribution is 2.37. The number of rotatable bonds is 2. The molecule has 3 rings (SSSR count). The SMILES string of the molecule is O=S(=O)(c1ccccc1)N1CCSc2ccccc21. The average molecular weight is 291 g/mol. The number of thioether (sulfide) groups is 1. The van der Waals surface area contributed by atoms with Crippen LogP contribution in [0.25, 0.3) is 0 Å². The number of benzene rings is 2. The van der Waals surface area contributed by atoms with Gasteiger partial charge in [-0.1, -0.05) is 30.3 Å². The van der Waals surface area contributed by atoms with Gasteiger partial charge >= 0.3 is 0 Å². The molecule has 0 unspecified atom stereocenters. The quantitative estimate of drug-likeness (QED) is 0.853. The molecule has 0 atom stereocenters. The Labute approximate surface area is 117 Å². The van der Waals surface area contributed by atoms with Gasteiger partial charge in [0.1, 0.15) is 0 Å². The monoisotopic (exact) mass is 291 g/mol. The molecule has 0 amide bonds. The normalized spacial score (nSPS) is 15.1. The van der Waals surface area contributed by atoms with E-state index in [1.165, 1.54) is 4.31 Å². The molecule has 0 N–H and O–H groups in total. The highest BCUT2D eigenvalue weighted by molar-refractivity contribution is 8.00. The molecule has 0 aliphatic carbocycles. The van der Waals surface area contributed by atoms with Crippen LogP contribution in [-0.4, -0.2) is 20.7 Å². The second-order valence-corrected chi connectivity index (χ2v) is 7.21. The van der Waals surface area contributed by atoms with E-state index >= 15 is 0 Å². The Balaban J connectivity index is 2.09. The number of hydrogen-bond acceptors (Lipinski definition) is 3. The predicted octanol–water partition coefficient (Wildman–Crippen LogP) is 2.99. The topological polar surface area (TPSA) is 37.4 Å². The molecule has 0 saturated carbocycles. The Hall–Kier alpha value is -1.46. The van der Waals surface area contributed by atoms with Crippen molar-refractivity contribution in [1.82, 2.24) is 0 Å². The van der Waals surface area contributed by atoms with Crippen LogP contribution in [0.4, 0.5) is 5.69 Å². The van der Waals surface area contributed by atoms with E-state index in [1.807, 2.05) is 30.3 Å². The molecule has 0 bridgehead atoms. The number of nitrogens with zero attached hydrogens (tertiary/aromatic N) is 1. The van der Waals surface area contributed by atoms with Crippen molar-refractivity contribution in [2.45, 2.75) is 9.79 Å². The van der Waals surface area contributed by atoms with Gasteiger partial charge in [-0.25, -0.2) is 8.42 Å². The minimum Gasteiger partial charge on any atom is -0.264 e.